The van der Waals surface area contributed by atoms with E-state index in [9.17, 15) is 14.9 Å². The third-order valence-corrected chi connectivity index (χ3v) is 3.98. The molecule has 0 radical (unpaired) electrons. The average Bonchev–Trinajstić information content (AvgIpc) is 2.89. The quantitative estimate of drug-likeness (QED) is 0.476. The number of hydrogen-bond acceptors (Lipinski definition) is 7. The van der Waals surface area contributed by atoms with Crippen molar-refractivity contribution in [1.82, 2.24) is 4.98 Å². The van der Waals surface area contributed by atoms with E-state index in [1.165, 1.54) is 6.20 Å². The average molecular weight is 285 g/mol. The maximum Gasteiger partial charge on any atom is 0.345 e. The molecular formula is C11H15N3O4S. The fourth-order valence-corrected chi connectivity index (χ4v) is 2.86. The Morgan fingerprint density at radius 3 is 3.16 bits per heavy atom. The third kappa shape index (κ3) is 3.19. The van der Waals surface area contributed by atoms with Gasteiger partial charge in [0, 0.05) is 13.1 Å². The predicted molar refractivity (Wildman–Crippen MR) is 70.3 cm³/mol. The number of rotatable bonds is 4. The lowest BCUT2D eigenvalue weighted by Gasteiger charge is -2.30. The van der Waals surface area contributed by atoms with Crippen molar-refractivity contribution >= 4 is 27.4 Å². The summed E-state index contributed by atoms with van der Waals surface area (Å²) in [6, 6.07) is 0. The maximum atomic E-state index is 11.7. The molecule has 1 atom stereocenters. The van der Waals surface area contributed by atoms with Crippen molar-refractivity contribution < 1.29 is 14.5 Å². The van der Waals surface area contributed by atoms with Crippen molar-refractivity contribution in [2.45, 2.75) is 19.8 Å². The second-order valence-corrected chi connectivity index (χ2v) is 5.26. The molecule has 1 saturated heterocycles. The molecule has 0 aromatic carbocycles. The molecule has 8 heteroatoms. The van der Waals surface area contributed by atoms with Crippen LogP contribution >= 0.6 is 11.3 Å². The van der Waals surface area contributed by atoms with Crippen LogP contribution in [0.1, 0.15) is 19.8 Å². The molecule has 1 aromatic heterocycles. The first kappa shape index (κ1) is 13.7. The van der Waals surface area contributed by atoms with E-state index in [1.807, 2.05) is 4.90 Å². The van der Waals surface area contributed by atoms with E-state index in [4.69, 9.17) is 4.74 Å². The Morgan fingerprint density at radius 1 is 1.74 bits per heavy atom. The Bertz CT molecular complexity index is 476. The molecule has 1 aliphatic rings. The number of nitro groups is 1. The van der Waals surface area contributed by atoms with E-state index in [0.29, 0.717) is 18.3 Å². The molecule has 0 N–H and O–H groups in total. The Morgan fingerprint density at radius 2 is 2.53 bits per heavy atom. The maximum absolute atomic E-state index is 11.7. The molecule has 2 rings (SSSR count). The van der Waals surface area contributed by atoms with E-state index in [-0.39, 0.29) is 16.9 Å². The van der Waals surface area contributed by atoms with Gasteiger partial charge in [-0.2, -0.15) is 0 Å². The zero-order valence-electron chi connectivity index (χ0n) is 10.6. The highest BCUT2D eigenvalue weighted by Crippen LogP contribution is 2.31. The van der Waals surface area contributed by atoms with E-state index >= 15 is 0 Å². The van der Waals surface area contributed by atoms with Gasteiger partial charge in [-0.15, -0.1) is 0 Å². The molecule has 1 fully saturated rings. The van der Waals surface area contributed by atoms with Gasteiger partial charge in [-0.1, -0.05) is 0 Å². The van der Waals surface area contributed by atoms with Gasteiger partial charge in [0.1, 0.15) is 6.20 Å². The molecule has 0 spiro atoms. The molecule has 1 aromatic rings. The molecule has 1 aliphatic heterocycles. The van der Waals surface area contributed by atoms with Gasteiger partial charge in [-0.05, 0) is 31.1 Å². The Labute approximate surface area is 114 Å². The standard InChI is InChI=1S/C11H15N3O4S/c1-2-18-10(15)8-4-3-5-13(7-8)11-12-6-9(19-11)14(16)17/h6,8H,2-5,7H2,1H3. The number of nitrogens with zero attached hydrogens (tertiary/aromatic N) is 3. The molecule has 104 valence electrons. The summed E-state index contributed by atoms with van der Waals surface area (Å²) < 4.78 is 5.02. The number of carbonyl (C=O) groups excluding carboxylic acids is 1. The van der Waals surface area contributed by atoms with Crippen molar-refractivity contribution in [3.8, 4) is 0 Å². The molecule has 2 heterocycles. The zero-order chi connectivity index (χ0) is 13.8. The number of hydrogen-bond donors (Lipinski definition) is 0. The molecular weight excluding hydrogens is 270 g/mol. The molecule has 19 heavy (non-hydrogen) atoms. The first-order chi connectivity index (χ1) is 9.11. The van der Waals surface area contributed by atoms with Crippen LogP contribution in [0.2, 0.25) is 0 Å². The largest absolute Gasteiger partial charge is 0.466 e. The first-order valence-corrected chi connectivity index (χ1v) is 6.95. The van der Waals surface area contributed by atoms with E-state index in [2.05, 4.69) is 4.98 Å². The van der Waals surface area contributed by atoms with Crippen molar-refractivity contribution in [1.29, 1.82) is 0 Å². The number of esters is 1. The third-order valence-electron chi connectivity index (χ3n) is 2.97. The van der Waals surface area contributed by atoms with Crippen LogP contribution in [0.4, 0.5) is 10.1 Å². The number of aromatic nitrogens is 1. The molecule has 0 saturated carbocycles. The lowest BCUT2D eigenvalue weighted by Crippen LogP contribution is -2.39. The highest BCUT2D eigenvalue weighted by Gasteiger charge is 2.29. The number of thiazole rings is 1. The number of anilines is 1. The fourth-order valence-electron chi connectivity index (χ4n) is 2.09. The summed E-state index contributed by atoms with van der Waals surface area (Å²) >= 11 is 1.04. The van der Waals surface area contributed by atoms with E-state index in [1.54, 1.807) is 6.92 Å². The van der Waals surface area contributed by atoms with Crippen LogP contribution in [-0.4, -0.2) is 35.6 Å². The van der Waals surface area contributed by atoms with Gasteiger partial charge >= 0.3 is 11.0 Å². The lowest BCUT2D eigenvalue weighted by molar-refractivity contribution is -0.380. The molecule has 0 amide bonds. The second kappa shape index (κ2) is 5.96. The summed E-state index contributed by atoms with van der Waals surface area (Å²) in [4.78, 5) is 27.9. The van der Waals surface area contributed by atoms with Crippen LogP contribution in [0.25, 0.3) is 0 Å². The van der Waals surface area contributed by atoms with Crippen molar-refractivity contribution in [2.24, 2.45) is 5.92 Å². The van der Waals surface area contributed by atoms with Gasteiger partial charge in [0.2, 0.25) is 0 Å². The van der Waals surface area contributed by atoms with E-state index < -0.39 is 4.92 Å². The smallest absolute Gasteiger partial charge is 0.345 e. The van der Waals surface area contributed by atoms with Crippen LogP contribution in [0.15, 0.2) is 6.20 Å². The molecule has 7 nitrogen and oxygen atoms in total. The zero-order valence-corrected chi connectivity index (χ0v) is 11.4. The summed E-state index contributed by atoms with van der Waals surface area (Å²) in [5.74, 6) is -0.366. The molecule has 0 bridgehead atoms. The number of carbonyl (C=O) groups is 1. The van der Waals surface area contributed by atoms with Gasteiger partial charge in [0.15, 0.2) is 5.13 Å². The number of piperidine rings is 1. The van der Waals surface area contributed by atoms with Gasteiger partial charge < -0.3 is 9.64 Å². The minimum atomic E-state index is -0.450. The van der Waals surface area contributed by atoms with Crippen molar-refractivity contribution in [2.75, 3.05) is 24.6 Å². The topological polar surface area (TPSA) is 85.6 Å². The SMILES string of the molecule is CCOC(=O)C1CCCN(c2ncc([N+](=O)[O-])s2)C1. The second-order valence-electron chi connectivity index (χ2n) is 4.28. The van der Waals surface area contributed by atoms with Gasteiger partial charge in [-0.3, -0.25) is 14.9 Å². The minimum Gasteiger partial charge on any atom is -0.466 e. The molecule has 1 unspecified atom stereocenters. The summed E-state index contributed by atoms with van der Waals surface area (Å²) in [5, 5.41) is 11.3. The Hall–Kier alpha value is -1.70. The van der Waals surface area contributed by atoms with Gasteiger partial charge in [0.05, 0.1) is 17.4 Å². The molecule has 0 aliphatic carbocycles. The van der Waals surface area contributed by atoms with Crippen LogP contribution in [0, 0.1) is 16.0 Å². The highest BCUT2D eigenvalue weighted by atomic mass is 32.1. The normalized spacial score (nSPS) is 19.2. The van der Waals surface area contributed by atoms with Crippen molar-refractivity contribution in [3.63, 3.8) is 0 Å². The van der Waals surface area contributed by atoms with Crippen LogP contribution < -0.4 is 4.90 Å². The van der Waals surface area contributed by atoms with Crippen molar-refractivity contribution in [3.05, 3.63) is 16.3 Å². The van der Waals surface area contributed by atoms with Gasteiger partial charge in [0.25, 0.3) is 0 Å². The highest BCUT2D eigenvalue weighted by molar-refractivity contribution is 7.18. The predicted octanol–water partition coefficient (Wildman–Crippen LogP) is 1.83. The van der Waals surface area contributed by atoms with Gasteiger partial charge in [-0.25, -0.2) is 4.98 Å². The Kier molecular flexibility index (Phi) is 4.31. The Balaban J connectivity index is 2.03. The summed E-state index contributed by atoms with van der Waals surface area (Å²) in [6.07, 6.45) is 2.91. The summed E-state index contributed by atoms with van der Waals surface area (Å²) in [7, 11) is 0. The minimum absolute atomic E-state index is 0.0215. The van der Waals surface area contributed by atoms with E-state index in [0.717, 1.165) is 30.7 Å². The van der Waals surface area contributed by atoms with Crippen LogP contribution in [0.5, 0.6) is 0 Å². The first-order valence-electron chi connectivity index (χ1n) is 6.13. The summed E-state index contributed by atoms with van der Waals surface area (Å²) in [6.45, 7) is 3.44. The fraction of sp³-hybridized carbons (Fsp3) is 0.636. The van der Waals surface area contributed by atoms with Crippen LogP contribution in [0.3, 0.4) is 0 Å². The van der Waals surface area contributed by atoms with Crippen LogP contribution in [-0.2, 0) is 9.53 Å². The lowest BCUT2D eigenvalue weighted by atomic mass is 9.99. The monoisotopic (exact) mass is 285 g/mol. The number of ether oxygens (including phenoxy) is 1. The summed E-state index contributed by atoms with van der Waals surface area (Å²) in [5.41, 5.74) is 0.